The van der Waals surface area contributed by atoms with E-state index in [1.54, 1.807) is 12.1 Å². The van der Waals surface area contributed by atoms with Gasteiger partial charge in [0.2, 0.25) is 0 Å². The molecule has 0 unspecified atom stereocenters. The zero-order chi connectivity index (χ0) is 20.9. The van der Waals surface area contributed by atoms with Crippen molar-refractivity contribution in [2.45, 2.75) is 25.4 Å². The van der Waals surface area contributed by atoms with Gasteiger partial charge in [-0.1, -0.05) is 49.3 Å². The lowest BCUT2D eigenvalue weighted by Crippen LogP contribution is -2.04. The quantitative estimate of drug-likeness (QED) is 0.438. The molecular formula is C23H21F3O3. The Balaban J connectivity index is 1.88. The first-order chi connectivity index (χ1) is 13.8. The van der Waals surface area contributed by atoms with Gasteiger partial charge in [-0.3, -0.25) is 0 Å². The summed E-state index contributed by atoms with van der Waals surface area (Å²) in [5, 5.41) is 8.82. The smallest absolute Gasteiger partial charge is 0.416 e. The molecule has 3 nitrogen and oxygen atoms in total. The van der Waals surface area contributed by atoms with Gasteiger partial charge in [-0.05, 0) is 53.3 Å². The van der Waals surface area contributed by atoms with Gasteiger partial charge in [-0.25, -0.2) is 4.79 Å². The molecule has 2 aromatic rings. The van der Waals surface area contributed by atoms with E-state index in [0.717, 1.165) is 36.1 Å². The van der Waals surface area contributed by atoms with Gasteiger partial charge in [0.15, 0.2) is 0 Å². The molecule has 1 N–H and O–H groups in total. The molecule has 152 valence electrons. The van der Waals surface area contributed by atoms with Gasteiger partial charge >= 0.3 is 12.1 Å². The summed E-state index contributed by atoms with van der Waals surface area (Å²) in [5.41, 5.74) is 1.13. The maximum absolute atomic E-state index is 12.9. The van der Waals surface area contributed by atoms with Crippen molar-refractivity contribution in [1.29, 1.82) is 0 Å². The third-order valence-corrected chi connectivity index (χ3v) is 4.66. The zero-order valence-corrected chi connectivity index (χ0v) is 15.7. The Kier molecular flexibility index (Phi) is 6.42. The number of ether oxygens (including phenoxy) is 1. The number of benzene rings is 2. The number of rotatable bonds is 8. The monoisotopic (exact) mass is 402 g/mol. The SMILES string of the molecule is O=C(O)/C=C/C=C(/c1ccc(C(F)(F)F)cc1)c1cccc(OCCC2CC2)c1. The Morgan fingerprint density at radius 1 is 1.10 bits per heavy atom. The van der Waals surface area contributed by atoms with E-state index >= 15 is 0 Å². The molecule has 0 spiro atoms. The molecule has 29 heavy (non-hydrogen) atoms. The lowest BCUT2D eigenvalue weighted by molar-refractivity contribution is -0.137. The van der Waals surface area contributed by atoms with Crippen molar-refractivity contribution >= 4 is 11.5 Å². The van der Waals surface area contributed by atoms with Gasteiger partial charge in [0, 0.05) is 6.08 Å². The van der Waals surface area contributed by atoms with Gasteiger partial charge < -0.3 is 9.84 Å². The molecule has 0 aliphatic heterocycles. The van der Waals surface area contributed by atoms with E-state index in [9.17, 15) is 18.0 Å². The highest BCUT2D eigenvalue weighted by Gasteiger charge is 2.30. The second-order valence-corrected chi connectivity index (χ2v) is 6.96. The van der Waals surface area contributed by atoms with Crippen LogP contribution in [0.5, 0.6) is 5.75 Å². The molecule has 1 aliphatic rings. The van der Waals surface area contributed by atoms with Crippen molar-refractivity contribution in [3.05, 3.63) is 83.4 Å². The Morgan fingerprint density at radius 2 is 1.83 bits per heavy atom. The number of allylic oxidation sites excluding steroid dienone is 2. The Labute approximate surface area is 167 Å². The Hall–Kier alpha value is -3.02. The average molecular weight is 402 g/mol. The Bertz CT molecular complexity index is 908. The predicted octanol–water partition coefficient (Wildman–Crippen LogP) is 5.96. The minimum Gasteiger partial charge on any atom is -0.494 e. The van der Waals surface area contributed by atoms with Crippen LogP contribution < -0.4 is 4.74 Å². The van der Waals surface area contributed by atoms with Gasteiger partial charge in [0.05, 0.1) is 12.2 Å². The number of hydrogen-bond donors (Lipinski definition) is 1. The number of carboxylic acids is 1. The third kappa shape index (κ3) is 6.24. The summed E-state index contributed by atoms with van der Waals surface area (Å²) < 4.78 is 44.4. The molecule has 3 rings (SSSR count). The summed E-state index contributed by atoms with van der Waals surface area (Å²) in [5.74, 6) is 0.315. The summed E-state index contributed by atoms with van der Waals surface area (Å²) >= 11 is 0. The van der Waals surface area contributed by atoms with Crippen LogP contribution in [0.25, 0.3) is 5.57 Å². The fourth-order valence-electron chi connectivity index (χ4n) is 2.93. The minimum atomic E-state index is -4.42. The predicted molar refractivity (Wildman–Crippen MR) is 105 cm³/mol. The standard InChI is InChI=1S/C23H21F3O3/c24-23(25,26)19-11-9-17(10-12-19)21(5-2-6-22(27)28)18-3-1-4-20(15-18)29-14-13-16-7-8-16/h1-6,9-12,15-16H,7-8,13-14H2,(H,27,28)/b6-2+,21-5-. The number of alkyl halides is 3. The minimum absolute atomic E-state index is 0.545. The Morgan fingerprint density at radius 3 is 2.45 bits per heavy atom. The van der Waals surface area contributed by atoms with Crippen LogP contribution in [0.1, 0.15) is 36.0 Å². The fraction of sp³-hybridized carbons (Fsp3) is 0.261. The highest BCUT2D eigenvalue weighted by Crippen LogP contribution is 2.33. The van der Waals surface area contributed by atoms with Crippen molar-refractivity contribution in [1.82, 2.24) is 0 Å². The second kappa shape index (κ2) is 8.99. The lowest BCUT2D eigenvalue weighted by atomic mass is 9.96. The lowest BCUT2D eigenvalue weighted by Gasteiger charge is -2.12. The van der Waals surface area contributed by atoms with Crippen LogP contribution in [0.4, 0.5) is 13.2 Å². The van der Waals surface area contributed by atoms with Crippen molar-refractivity contribution < 1.29 is 27.8 Å². The molecular weight excluding hydrogens is 381 g/mol. The number of carbonyl (C=O) groups is 1. The number of halogens is 3. The van der Waals surface area contributed by atoms with Crippen LogP contribution in [-0.4, -0.2) is 17.7 Å². The first-order valence-electron chi connectivity index (χ1n) is 9.35. The second-order valence-electron chi connectivity index (χ2n) is 6.96. The van der Waals surface area contributed by atoms with Crippen LogP contribution in [0.15, 0.2) is 66.8 Å². The van der Waals surface area contributed by atoms with Crippen molar-refractivity contribution in [3.8, 4) is 5.75 Å². The molecule has 2 aromatic carbocycles. The van der Waals surface area contributed by atoms with E-state index in [0.29, 0.717) is 23.5 Å². The molecule has 0 bridgehead atoms. The van der Waals surface area contributed by atoms with E-state index in [-0.39, 0.29) is 0 Å². The van der Waals surface area contributed by atoms with Crippen LogP contribution in [0, 0.1) is 5.92 Å². The summed E-state index contributed by atoms with van der Waals surface area (Å²) in [6, 6.07) is 12.0. The van der Waals surface area contributed by atoms with Crippen LogP contribution >= 0.6 is 0 Å². The molecule has 0 amide bonds. The topological polar surface area (TPSA) is 46.5 Å². The molecule has 6 heteroatoms. The zero-order valence-electron chi connectivity index (χ0n) is 15.7. The third-order valence-electron chi connectivity index (χ3n) is 4.66. The van der Waals surface area contributed by atoms with Gasteiger partial charge in [-0.2, -0.15) is 13.2 Å². The molecule has 1 saturated carbocycles. The molecule has 0 radical (unpaired) electrons. The normalized spacial score (nSPS) is 14.9. The highest BCUT2D eigenvalue weighted by molar-refractivity contribution is 5.84. The highest BCUT2D eigenvalue weighted by atomic mass is 19.4. The van der Waals surface area contributed by atoms with Crippen LogP contribution in [0.3, 0.4) is 0 Å². The molecule has 1 aliphatic carbocycles. The van der Waals surface area contributed by atoms with E-state index < -0.39 is 17.7 Å². The largest absolute Gasteiger partial charge is 0.494 e. The number of aliphatic carboxylic acids is 1. The molecule has 1 fully saturated rings. The molecule has 0 aromatic heterocycles. The number of hydrogen-bond acceptors (Lipinski definition) is 2. The average Bonchev–Trinajstić information content (AvgIpc) is 3.49. The molecule has 0 atom stereocenters. The summed E-state index contributed by atoms with van der Waals surface area (Å²) in [6.07, 6.45) is 2.99. The van der Waals surface area contributed by atoms with E-state index in [1.807, 2.05) is 18.2 Å². The maximum Gasteiger partial charge on any atom is 0.416 e. The maximum atomic E-state index is 12.9. The fourth-order valence-corrected chi connectivity index (χ4v) is 2.93. The summed E-state index contributed by atoms with van der Waals surface area (Å²) in [6.45, 7) is 0.617. The van der Waals surface area contributed by atoms with E-state index in [1.165, 1.54) is 31.1 Å². The summed E-state index contributed by atoms with van der Waals surface area (Å²) in [4.78, 5) is 10.8. The van der Waals surface area contributed by atoms with Crippen LogP contribution in [0.2, 0.25) is 0 Å². The van der Waals surface area contributed by atoms with Crippen molar-refractivity contribution in [2.75, 3.05) is 6.61 Å². The van der Waals surface area contributed by atoms with Gasteiger partial charge in [-0.15, -0.1) is 0 Å². The van der Waals surface area contributed by atoms with Crippen molar-refractivity contribution in [2.24, 2.45) is 5.92 Å². The number of carboxylic acid groups (broad SMARTS) is 1. The molecule has 0 saturated heterocycles. The van der Waals surface area contributed by atoms with E-state index in [2.05, 4.69) is 0 Å². The first-order valence-corrected chi connectivity index (χ1v) is 9.35. The van der Waals surface area contributed by atoms with Crippen LogP contribution in [-0.2, 0) is 11.0 Å². The van der Waals surface area contributed by atoms with E-state index in [4.69, 9.17) is 9.84 Å². The summed E-state index contributed by atoms with van der Waals surface area (Å²) in [7, 11) is 0. The molecule has 0 heterocycles. The van der Waals surface area contributed by atoms with Gasteiger partial charge in [0.1, 0.15) is 5.75 Å². The first kappa shape index (κ1) is 20.7. The van der Waals surface area contributed by atoms with Gasteiger partial charge in [0.25, 0.3) is 0 Å². The van der Waals surface area contributed by atoms with Crippen molar-refractivity contribution in [3.63, 3.8) is 0 Å².